The van der Waals surface area contributed by atoms with E-state index in [-0.39, 0.29) is 0 Å². The molecule has 3 rings (SSSR count). The van der Waals surface area contributed by atoms with Crippen LogP contribution in [0.4, 0.5) is 0 Å². The summed E-state index contributed by atoms with van der Waals surface area (Å²) >= 11 is 0. The minimum Gasteiger partial charge on any atom is -0.335 e. The zero-order chi connectivity index (χ0) is 11.8. The van der Waals surface area contributed by atoms with Crippen LogP contribution in [0.1, 0.15) is 37.7 Å². The monoisotopic (exact) mass is 233 g/mol. The fourth-order valence-corrected chi connectivity index (χ4v) is 3.22. The second kappa shape index (κ2) is 4.45. The van der Waals surface area contributed by atoms with Gasteiger partial charge in [-0.15, -0.1) is 0 Å². The molecule has 0 saturated carbocycles. The van der Waals surface area contributed by atoms with Crippen molar-refractivity contribution in [2.75, 3.05) is 13.6 Å². The summed E-state index contributed by atoms with van der Waals surface area (Å²) in [6, 6.07) is 0.726. The van der Waals surface area contributed by atoms with Crippen LogP contribution >= 0.6 is 0 Å². The number of rotatable bonds is 2. The molecule has 94 valence electrons. The smallest absolute Gasteiger partial charge is 0.109 e. The maximum absolute atomic E-state index is 4.84. The van der Waals surface area contributed by atoms with E-state index >= 15 is 0 Å². The highest BCUT2D eigenvalue weighted by Gasteiger charge is 2.23. The Labute approximate surface area is 104 Å². The zero-order valence-corrected chi connectivity index (χ0v) is 11.0. The molecule has 2 aliphatic rings. The zero-order valence-electron chi connectivity index (χ0n) is 11.0. The summed E-state index contributed by atoms with van der Waals surface area (Å²) in [6.45, 7) is 4.77. The van der Waals surface area contributed by atoms with Gasteiger partial charge < -0.3 is 9.47 Å². The number of imidazole rings is 1. The molecule has 0 bridgehead atoms. The fourth-order valence-electron chi connectivity index (χ4n) is 3.22. The molecule has 3 heteroatoms. The summed E-state index contributed by atoms with van der Waals surface area (Å²) < 4.78 is 2.38. The highest BCUT2D eigenvalue weighted by Crippen LogP contribution is 2.23. The number of aryl methyl sites for hydroxylation is 1. The van der Waals surface area contributed by atoms with E-state index in [1.54, 1.807) is 0 Å². The average molecular weight is 233 g/mol. The lowest BCUT2D eigenvalue weighted by molar-refractivity contribution is 0.308. The molecule has 0 aliphatic carbocycles. The van der Waals surface area contributed by atoms with Gasteiger partial charge in [-0.1, -0.05) is 6.92 Å². The van der Waals surface area contributed by atoms with Gasteiger partial charge in [0.1, 0.15) is 5.82 Å². The van der Waals surface area contributed by atoms with Crippen molar-refractivity contribution in [1.29, 1.82) is 0 Å². The molecule has 0 spiro atoms. The third-order valence-corrected chi connectivity index (χ3v) is 4.42. The Morgan fingerprint density at radius 2 is 2.24 bits per heavy atom. The second-order valence-electron chi connectivity index (χ2n) is 5.92. The standard InChI is InChI=1S/C14H23N3/c1-11-5-7-17-10-12(15-14(17)8-11)9-13-4-3-6-16(13)2/h10-11,13H,3-9H2,1-2H3. The Hall–Kier alpha value is -0.830. The molecule has 2 aliphatic heterocycles. The van der Waals surface area contributed by atoms with Crippen molar-refractivity contribution >= 4 is 0 Å². The molecule has 3 nitrogen and oxygen atoms in total. The van der Waals surface area contributed by atoms with E-state index < -0.39 is 0 Å². The largest absolute Gasteiger partial charge is 0.335 e. The van der Waals surface area contributed by atoms with Crippen molar-refractivity contribution in [3.8, 4) is 0 Å². The van der Waals surface area contributed by atoms with Crippen LogP contribution < -0.4 is 0 Å². The quantitative estimate of drug-likeness (QED) is 0.780. The normalized spacial score (nSPS) is 29.5. The molecule has 0 amide bonds. The minimum absolute atomic E-state index is 0.726. The van der Waals surface area contributed by atoms with Crippen LogP contribution in [0.2, 0.25) is 0 Å². The van der Waals surface area contributed by atoms with Crippen LogP contribution in [0.25, 0.3) is 0 Å². The Morgan fingerprint density at radius 1 is 1.35 bits per heavy atom. The maximum atomic E-state index is 4.84. The molecule has 2 atom stereocenters. The van der Waals surface area contributed by atoms with Gasteiger partial charge >= 0.3 is 0 Å². The maximum Gasteiger partial charge on any atom is 0.109 e. The molecule has 1 saturated heterocycles. The third-order valence-electron chi connectivity index (χ3n) is 4.42. The van der Waals surface area contributed by atoms with Gasteiger partial charge in [0.25, 0.3) is 0 Å². The fraction of sp³-hybridized carbons (Fsp3) is 0.786. The summed E-state index contributed by atoms with van der Waals surface area (Å²) in [5.41, 5.74) is 1.31. The molecule has 2 unspecified atom stereocenters. The number of nitrogens with zero attached hydrogens (tertiary/aromatic N) is 3. The topological polar surface area (TPSA) is 21.1 Å². The number of hydrogen-bond acceptors (Lipinski definition) is 2. The molecular weight excluding hydrogens is 210 g/mol. The summed E-state index contributed by atoms with van der Waals surface area (Å²) in [6.07, 6.45) is 8.62. The van der Waals surface area contributed by atoms with Gasteiger partial charge in [0.15, 0.2) is 0 Å². The second-order valence-corrected chi connectivity index (χ2v) is 5.92. The SMILES string of the molecule is CC1CCn2cc(CC3CCCN3C)nc2C1. The number of fused-ring (bicyclic) bond motifs is 1. The predicted octanol–water partition coefficient (Wildman–Crippen LogP) is 2.10. The van der Waals surface area contributed by atoms with Gasteiger partial charge in [-0.2, -0.15) is 0 Å². The van der Waals surface area contributed by atoms with Crippen molar-refractivity contribution in [3.05, 3.63) is 17.7 Å². The van der Waals surface area contributed by atoms with E-state index in [9.17, 15) is 0 Å². The Morgan fingerprint density at radius 3 is 3.00 bits per heavy atom. The summed E-state index contributed by atoms with van der Waals surface area (Å²) in [7, 11) is 2.25. The van der Waals surface area contributed by atoms with E-state index in [0.29, 0.717) is 0 Å². The first kappa shape index (κ1) is 11.3. The highest BCUT2D eigenvalue weighted by molar-refractivity contribution is 5.09. The molecule has 17 heavy (non-hydrogen) atoms. The number of hydrogen-bond donors (Lipinski definition) is 0. The molecule has 3 heterocycles. The van der Waals surface area contributed by atoms with Crippen molar-refractivity contribution in [2.45, 2.75) is 51.6 Å². The van der Waals surface area contributed by atoms with Crippen LogP contribution in [-0.4, -0.2) is 34.1 Å². The third kappa shape index (κ3) is 2.25. The molecular formula is C14H23N3. The predicted molar refractivity (Wildman–Crippen MR) is 69.1 cm³/mol. The first-order valence-corrected chi connectivity index (χ1v) is 6.97. The number of likely N-dealkylation sites (N-methyl/N-ethyl adjacent to an activating group) is 1. The van der Waals surface area contributed by atoms with Crippen molar-refractivity contribution in [1.82, 2.24) is 14.5 Å². The molecule has 0 aromatic carbocycles. The lowest BCUT2D eigenvalue weighted by atomic mass is 10.0. The van der Waals surface area contributed by atoms with Gasteiger partial charge in [0, 0.05) is 31.6 Å². The average Bonchev–Trinajstić information content (AvgIpc) is 2.85. The van der Waals surface area contributed by atoms with Gasteiger partial charge in [-0.25, -0.2) is 4.98 Å². The van der Waals surface area contributed by atoms with E-state index in [4.69, 9.17) is 4.98 Å². The molecule has 1 aromatic heterocycles. The Kier molecular flexibility index (Phi) is 2.95. The lowest BCUT2D eigenvalue weighted by Crippen LogP contribution is -2.26. The summed E-state index contributed by atoms with van der Waals surface area (Å²) in [4.78, 5) is 7.32. The summed E-state index contributed by atoms with van der Waals surface area (Å²) in [5.74, 6) is 2.13. The van der Waals surface area contributed by atoms with Crippen LogP contribution in [0.3, 0.4) is 0 Å². The summed E-state index contributed by atoms with van der Waals surface area (Å²) in [5, 5.41) is 0. The van der Waals surface area contributed by atoms with Crippen molar-refractivity contribution < 1.29 is 0 Å². The highest BCUT2D eigenvalue weighted by atomic mass is 15.2. The van der Waals surface area contributed by atoms with Crippen molar-refractivity contribution in [3.63, 3.8) is 0 Å². The van der Waals surface area contributed by atoms with E-state index in [2.05, 4.69) is 29.6 Å². The lowest BCUT2D eigenvalue weighted by Gasteiger charge is -2.18. The van der Waals surface area contributed by atoms with Crippen molar-refractivity contribution in [2.24, 2.45) is 5.92 Å². The van der Waals surface area contributed by atoms with E-state index in [0.717, 1.165) is 18.4 Å². The van der Waals surface area contributed by atoms with Gasteiger partial charge in [-0.3, -0.25) is 0 Å². The molecule has 0 N–H and O–H groups in total. The first-order chi connectivity index (χ1) is 8.22. The number of likely N-dealkylation sites (tertiary alicyclic amines) is 1. The Bertz CT molecular complexity index is 396. The molecule has 1 fully saturated rings. The van der Waals surface area contributed by atoms with Crippen LogP contribution in [0, 0.1) is 5.92 Å². The van der Waals surface area contributed by atoms with Crippen LogP contribution in [0.5, 0.6) is 0 Å². The number of aromatic nitrogens is 2. The van der Waals surface area contributed by atoms with Gasteiger partial charge in [0.05, 0.1) is 5.69 Å². The van der Waals surface area contributed by atoms with Gasteiger partial charge in [0.2, 0.25) is 0 Å². The van der Waals surface area contributed by atoms with E-state index in [1.807, 2.05) is 0 Å². The van der Waals surface area contributed by atoms with Crippen LogP contribution in [-0.2, 0) is 19.4 Å². The Balaban J connectivity index is 1.72. The minimum atomic E-state index is 0.726. The molecule has 0 radical (unpaired) electrons. The van der Waals surface area contributed by atoms with Crippen LogP contribution in [0.15, 0.2) is 6.20 Å². The molecule has 1 aromatic rings. The van der Waals surface area contributed by atoms with E-state index in [1.165, 1.54) is 50.3 Å². The first-order valence-electron chi connectivity index (χ1n) is 6.97. The van der Waals surface area contributed by atoms with Gasteiger partial charge in [-0.05, 0) is 38.8 Å².